The van der Waals surface area contributed by atoms with Crippen LogP contribution in [0.15, 0.2) is 0 Å². The van der Waals surface area contributed by atoms with Crippen molar-refractivity contribution in [3.05, 3.63) is 0 Å². The molecule has 1 rings (SSSR count). The van der Waals surface area contributed by atoms with Crippen LogP contribution in [0.5, 0.6) is 0 Å². The van der Waals surface area contributed by atoms with Gasteiger partial charge in [-0.3, -0.25) is 0 Å². The van der Waals surface area contributed by atoms with Gasteiger partial charge in [-0.25, -0.2) is 0 Å². The molecule has 3 atom stereocenters. The lowest BCUT2D eigenvalue weighted by atomic mass is 9.91. The summed E-state index contributed by atoms with van der Waals surface area (Å²) in [7, 11) is 0. The van der Waals surface area contributed by atoms with Crippen molar-refractivity contribution in [3.63, 3.8) is 0 Å². The molecule has 1 fully saturated rings. The van der Waals surface area contributed by atoms with Crippen LogP contribution in [0.3, 0.4) is 0 Å². The normalized spacial score (nSPS) is 26.6. The van der Waals surface area contributed by atoms with Crippen LogP contribution in [0.4, 0.5) is 0 Å². The van der Waals surface area contributed by atoms with E-state index in [-0.39, 0.29) is 0 Å². The minimum absolute atomic E-state index is 0.801. The van der Waals surface area contributed by atoms with Crippen molar-refractivity contribution in [1.29, 1.82) is 0 Å². The largest absolute Gasteiger partial charge is 0.314 e. The van der Waals surface area contributed by atoms with E-state index in [0.717, 1.165) is 30.3 Å². The smallest absolute Gasteiger partial charge is 0.00953 e. The number of rotatable bonds is 8. The SMILES string of the molecule is CCNC(CCCC(C)C)C1CCC(CC)C1. The van der Waals surface area contributed by atoms with Crippen molar-refractivity contribution >= 4 is 0 Å². The molecule has 0 aromatic carbocycles. The van der Waals surface area contributed by atoms with Gasteiger partial charge in [0.1, 0.15) is 0 Å². The van der Waals surface area contributed by atoms with Crippen LogP contribution >= 0.6 is 0 Å². The average Bonchev–Trinajstić information content (AvgIpc) is 2.76. The maximum atomic E-state index is 3.74. The minimum atomic E-state index is 0.801. The Morgan fingerprint density at radius 2 is 1.88 bits per heavy atom. The van der Waals surface area contributed by atoms with E-state index in [9.17, 15) is 0 Å². The highest BCUT2D eigenvalue weighted by atomic mass is 14.9. The summed E-state index contributed by atoms with van der Waals surface area (Å²) in [4.78, 5) is 0. The molecule has 3 unspecified atom stereocenters. The Morgan fingerprint density at radius 1 is 1.12 bits per heavy atom. The van der Waals surface area contributed by atoms with Crippen LogP contribution in [0.25, 0.3) is 0 Å². The Bertz CT molecular complexity index is 188. The first-order chi connectivity index (χ1) is 8.17. The lowest BCUT2D eigenvalue weighted by Crippen LogP contribution is -2.35. The third kappa shape index (κ3) is 5.42. The Morgan fingerprint density at radius 3 is 2.41 bits per heavy atom. The maximum Gasteiger partial charge on any atom is 0.00953 e. The Labute approximate surface area is 109 Å². The molecule has 1 heteroatoms. The quantitative estimate of drug-likeness (QED) is 0.652. The number of hydrogen-bond acceptors (Lipinski definition) is 1. The van der Waals surface area contributed by atoms with E-state index in [1.54, 1.807) is 0 Å². The van der Waals surface area contributed by atoms with Crippen LogP contribution in [0, 0.1) is 17.8 Å². The van der Waals surface area contributed by atoms with Gasteiger partial charge in [0.15, 0.2) is 0 Å². The van der Waals surface area contributed by atoms with Gasteiger partial charge in [0.2, 0.25) is 0 Å². The van der Waals surface area contributed by atoms with Crippen LogP contribution in [0.1, 0.15) is 72.6 Å². The molecule has 0 aromatic rings. The average molecular weight is 239 g/mol. The van der Waals surface area contributed by atoms with Gasteiger partial charge >= 0.3 is 0 Å². The second-order valence-corrected chi connectivity index (χ2v) is 6.34. The van der Waals surface area contributed by atoms with Gasteiger partial charge in [-0.15, -0.1) is 0 Å². The number of hydrogen-bond donors (Lipinski definition) is 1. The van der Waals surface area contributed by atoms with Crippen molar-refractivity contribution in [1.82, 2.24) is 5.32 Å². The summed E-state index contributed by atoms with van der Waals surface area (Å²) in [5.41, 5.74) is 0. The van der Waals surface area contributed by atoms with E-state index in [1.165, 1.54) is 44.9 Å². The van der Waals surface area contributed by atoms with E-state index in [4.69, 9.17) is 0 Å². The molecule has 1 saturated carbocycles. The molecule has 1 aliphatic carbocycles. The summed E-state index contributed by atoms with van der Waals surface area (Å²) >= 11 is 0. The molecule has 1 N–H and O–H groups in total. The monoisotopic (exact) mass is 239 g/mol. The summed E-state index contributed by atoms with van der Waals surface area (Å²) in [6, 6.07) is 0.801. The summed E-state index contributed by atoms with van der Waals surface area (Å²) in [6.45, 7) is 10.4. The molecular weight excluding hydrogens is 206 g/mol. The fourth-order valence-electron chi connectivity index (χ4n) is 3.36. The van der Waals surface area contributed by atoms with Crippen molar-refractivity contribution in [2.45, 2.75) is 78.7 Å². The highest BCUT2D eigenvalue weighted by Gasteiger charge is 2.29. The van der Waals surface area contributed by atoms with E-state index in [1.807, 2.05) is 0 Å². The van der Waals surface area contributed by atoms with Crippen molar-refractivity contribution < 1.29 is 0 Å². The molecule has 1 aliphatic rings. The molecule has 0 aromatic heterocycles. The Hall–Kier alpha value is -0.0400. The van der Waals surface area contributed by atoms with E-state index < -0.39 is 0 Å². The molecule has 0 saturated heterocycles. The zero-order valence-electron chi connectivity index (χ0n) is 12.5. The third-order valence-corrected chi connectivity index (χ3v) is 4.49. The molecule has 0 aliphatic heterocycles. The standard InChI is InChI=1S/C16H33N/c1-5-14-10-11-15(12-14)16(17-6-2)9-7-8-13(3)4/h13-17H,5-12H2,1-4H3. The molecule has 0 spiro atoms. The van der Waals surface area contributed by atoms with Gasteiger partial charge in [0.25, 0.3) is 0 Å². The van der Waals surface area contributed by atoms with Gasteiger partial charge in [-0.05, 0) is 43.6 Å². The highest BCUT2D eigenvalue weighted by molar-refractivity contribution is 4.84. The second-order valence-electron chi connectivity index (χ2n) is 6.34. The van der Waals surface area contributed by atoms with E-state index in [0.29, 0.717) is 0 Å². The first-order valence-electron chi connectivity index (χ1n) is 7.90. The first-order valence-corrected chi connectivity index (χ1v) is 7.90. The topological polar surface area (TPSA) is 12.0 Å². The lowest BCUT2D eigenvalue weighted by molar-refractivity contribution is 0.321. The summed E-state index contributed by atoms with van der Waals surface area (Å²) in [5.74, 6) is 2.85. The molecule has 0 heterocycles. The molecule has 1 nitrogen and oxygen atoms in total. The minimum Gasteiger partial charge on any atom is -0.314 e. The lowest BCUT2D eigenvalue weighted by Gasteiger charge is -2.25. The Kier molecular flexibility index (Phi) is 7.18. The van der Waals surface area contributed by atoms with Gasteiger partial charge < -0.3 is 5.32 Å². The zero-order valence-corrected chi connectivity index (χ0v) is 12.5. The Balaban J connectivity index is 2.32. The number of nitrogens with one attached hydrogen (secondary N) is 1. The molecular formula is C16H33N. The van der Waals surface area contributed by atoms with Crippen molar-refractivity contribution in [3.8, 4) is 0 Å². The summed E-state index contributed by atoms with van der Waals surface area (Å²) in [5, 5.41) is 3.74. The van der Waals surface area contributed by atoms with Crippen molar-refractivity contribution in [2.75, 3.05) is 6.54 Å². The summed E-state index contributed by atoms with van der Waals surface area (Å²) in [6.07, 6.45) is 10.0. The van der Waals surface area contributed by atoms with Gasteiger partial charge in [0.05, 0.1) is 0 Å². The second kappa shape index (κ2) is 8.13. The zero-order chi connectivity index (χ0) is 12.7. The predicted molar refractivity (Wildman–Crippen MR) is 77.3 cm³/mol. The maximum absolute atomic E-state index is 3.74. The fraction of sp³-hybridized carbons (Fsp3) is 1.00. The molecule has 0 radical (unpaired) electrons. The molecule has 0 amide bonds. The van der Waals surface area contributed by atoms with Gasteiger partial charge in [-0.1, -0.05) is 53.4 Å². The predicted octanol–water partition coefficient (Wildman–Crippen LogP) is 4.62. The van der Waals surface area contributed by atoms with Crippen LogP contribution in [-0.2, 0) is 0 Å². The van der Waals surface area contributed by atoms with Gasteiger partial charge in [-0.2, -0.15) is 0 Å². The van der Waals surface area contributed by atoms with Crippen molar-refractivity contribution in [2.24, 2.45) is 17.8 Å². The molecule has 17 heavy (non-hydrogen) atoms. The third-order valence-electron chi connectivity index (χ3n) is 4.49. The summed E-state index contributed by atoms with van der Waals surface area (Å²) < 4.78 is 0. The van der Waals surface area contributed by atoms with E-state index in [2.05, 4.69) is 33.0 Å². The van der Waals surface area contributed by atoms with Crippen LogP contribution in [-0.4, -0.2) is 12.6 Å². The highest BCUT2D eigenvalue weighted by Crippen LogP contribution is 2.36. The fourth-order valence-corrected chi connectivity index (χ4v) is 3.36. The van der Waals surface area contributed by atoms with Crippen LogP contribution in [0.2, 0.25) is 0 Å². The van der Waals surface area contributed by atoms with Crippen LogP contribution < -0.4 is 5.32 Å². The molecule has 0 bridgehead atoms. The molecule has 102 valence electrons. The first kappa shape index (κ1) is 15.0. The van der Waals surface area contributed by atoms with Gasteiger partial charge in [0, 0.05) is 6.04 Å². The van der Waals surface area contributed by atoms with E-state index >= 15 is 0 Å².